The number of aryl methyl sites for hydroxylation is 1. The number of hydrogen-bond donors (Lipinski definition) is 1. The maximum atomic E-state index is 13.7. The zero-order valence-corrected chi connectivity index (χ0v) is 22.8. The summed E-state index contributed by atoms with van der Waals surface area (Å²) in [6, 6.07) is 13.6. The van der Waals surface area contributed by atoms with E-state index < -0.39 is 28.5 Å². The van der Waals surface area contributed by atoms with Crippen LogP contribution in [-0.4, -0.2) is 57.6 Å². The minimum atomic E-state index is -3.75. The van der Waals surface area contributed by atoms with Crippen molar-refractivity contribution in [2.45, 2.75) is 59.0 Å². The third kappa shape index (κ3) is 8.26. The van der Waals surface area contributed by atoms with Crippen molar-refractivity contribution >= 4 is 27.5 Å². The van der Waals surface area contributed by atoms with Crippen LogP contribution in [0.4, 0.5) is 5.69 Å². The Morgan fingerprint density at radius 1 is 1.03 bits per heavy atom. The molecule has 1 atom stereocenters. The van der Waals surface area contributed by atoms with Crippen molar-refractivity contribution in [2.75, 3.05) is 30.8 Å². The Bertz CT molecular complexity index is 1100. The van der Waals surface area contributed by atoms with E-state index in [0.717, 1.165) is 41.0 Å². The van der Waals surface area contributed by atoms with Gasteiger partial charge in [-0.15, -0.1) is 0 Å². The quantitative estimate of drug-likeness (QED) is 0.385. The summed E-state index contributed by atoms with van der Waals surface area (Å²) in [4.78, 5) is 28.2. The number of nitrogens with one attached hydrogen (secondary N) is 1. The van der Waals surface area contributed by atoms with Crippen LogP contribution in [0.25, 0.3) is 0 Å². The van der Waals surface area contributed by atoms with Gasteiger partial charge >= 0.3 is 0 Å². The third-order valence-corrected chi connectivity index (χ3v) is 7.15. The Hall–Kier alpha value is -3.07. The molecule has 0 fully saturated rings. The van der Waals surface area contributed by atoms with Crippen LogP contribution in [0.1, 0.15) is 51.2 Å². The van der Waals surface area contributed by atoms with Crippen LogP contribution in [0, 0.1) is 0 Å². The van der Waals surface area contributed by atoms with Crippen molar-refractivity contribution in [2.24, 2.45) is 0 Å². The van der Waals surface area contributed by atoms with Crippen LogP contribution in [0.2, 0.25) is 0 Å². The number of hydrogen-bond acceptors (Lipinski definition) is 5. The highest BCUT2D eigenvalue weighted by molar-refractivity contribution is 7.92. The topological polar surface area (TPSA) is 96.0 Å². The molecule has 2 rings (SSSR count). The summed E-state index contributed by atoms with van der Waals surface area (Å²) >= 11 is 0. The van der Waals surface area contributed by atoms with Crippen LogP contribution in [-0.2, 0) is 32.6 Å². The summed E-state index contributed by atoms with van der Waals surface area (Å²) in [5, 5.41) is 2.92. The Balaban J connectivity index is 2.41. The Labute approximate surface area is 215 Å². The number of anilines is 1. The number of carbonyl (C=O) groups is 2. The summed E-state index contributed by atoms with van der Waals surface area (Å²) in [5.41, 5.74) is 2.25. The second kappa shape index (κ2) is 13.9. The molecule has 0 aliphatic heterocycles. The lowest BCUT2D eigenvalue weighted by Crippen LogP contribution is -2.52. The molecular weight excluding hydrogens is 478 g/mol. The van der Waals surface area contributed by atoms with E-state index in [1.807, 2.05) is 45.0 Å². The summed E-state index contributed by atoms with van der Waals surface area (Å²) in [6.07, 6.45) is 4.05. The molecule has 198 valence electrons. The van der Waals surface area contributed by atoms with E-state index >= 15 is 0 Å². The van der Waals surface area contributed by atoms with Gasteiger partial charge in [0.1, 0.15) is 18.3 Å². The second-order valence-corrected chi connectivity index (χ2v) is 10.6. The molecule has 0 bridgehead atoms. The number of benzene rings is 2. The van der Waals surface area contributed by atoms with Crippen molar-refractivity contribution < 1.29 is 22.7 Å². The number of rotatable bonds is 14. The molecule has 0 radical (unpaired) electrons. The molecule has 0 unspecified atom stereocenters. The third-order valence-electron chi connectivity index (χ3n) is 6.01. The van der Waals surface area contributed by atoms with Crippen LogP contribution in [0.3, 0.4) is 0 Å². The largest absolute Gasteiger partial charge is 0.497 e. The number of methoxy groups -OCH3 is 1. The number of ether oxygens (including phenoxy) is 1. The number of amides is 2. The molecular formula is C27H39N3O5S. The minimum Gasteiger partial charge on any atom is -0.497 e. The van der Waals surface area contributed by atoms with Crippen molar-refractivity contribution in [3.63, 3.8) is 0 Å². The van der Waals surface area contributed by atoms with Gasteiger partial charge in [0.15, 0.2) is 0 Å². The lowest BCUT2D eigenvalue weighted by molar-refractivity contribution is -0.140. The highest BCUT2D eigenvalue weighted by Gasteiger charge is 2.31. The van der Waals surface area contributed by atoms with E-state index in [4.69, 9.17) is 4.74 Å². The molecule has 0 heterocycles. The number of nitrogens with zero attached hydrogens (tertiary/aromatic N) is 2. The lowest BCUT2D eigenvalue weighted by Gasteiger charge is -2.33. The van der Waals surface area contributed by atoms with E-state index in [1.165, 1.54) is 4.90 Å². The summed E-state index contributed by atoms with van der Waals surface area (Å²) in [6.45, 7) is 6.14. The Kier molecular flexibility index (Phi) is 11.2. The molecule has 2 aromatic carbocycles. The predicted octanol–water partition coefficient (Wildman–Crippen LogP) is 3.75. The average molecular weight is 518 g/mol. The monoisotopic (exact) mass is 517 g/mol. The molecule has 2 aromatic rings. The first-order chi connectivity index (χ1) is 17.1. The van der Waals surface area contributed by atoms with Gasteiger partial charge in [-0.1, -0.05) is 51.5 Å². The second-order valence-electron chi connectivity index (χ2n) is 8.73. The van der Waals surface area contributed by atoms with E-state index in [1.54, 1.807) is 31.4 Å². The molecule has 36 heavy (non-hydrogen) atoms. The van der Waals surface area contributed by atoms with Crippen LogP contribution in [0.15, 0.2) is 48.5 Å². The molecule has 8 nitrogen and oxygen atoms in total. The van der Waals surface area contributed by atoms with Crippen LogP contribution in [0.5, 0.6) is 5.75 Å². The van der Waals surface area contributed by atoms with Crippen molar-refractivity contribution in [1.29, 1.82) is 0 Å². The highest BCUT2D eigenvalue weighted by atomic mass is 32.2. The number of unbranched alkanes of at least 4 members (excludes halogenated alkanes) is 1. The normalized spacial score (nSPS) is 12.0. The Morgan fingerprint density at radius 3 is 2.28 bits per heavy atom. The minimum absolute atomic E-state index is 0.141. The van der Waals surface area contributed by atoms with Gasteiger partial charge in [-0.3, -0.25) is 13.9 Å². The number of sulfonamides is 1. The standard InChI is InChI=1S/C27H39N3O5S/c1-6-9-17-28-27(32)25(8-3)29(19-22-11-10-12-24(18-22)35-4)26(31)20-30(36(5,33)34)23-15-13-21(7-2)14-16-23/h10-16,18,25H,6-9,17,19-20H2,1-5H3,(H,28,32)/t25-/m1/s1. The first-order valence-electron chi connectivity index (χ1n) is 12.4. The first-order valence-corrected chi connectivity index (χ1v) is 14.3. The fraction of sp³-hybridized carbons (Fsp3) is 0.481. The molecule has 1 N–H and O–H groups in total. The van der Waals surface area contributed by atoms with Crippen molar-refractivity contribution in [3.8, 4) is 5.75 Å². The van der Waals surface area contributed by atoms with Gasteiger partial charge in [0, 0.05) is 13.1 Å². The van der Waals surface area contributed by atoms with Gasteiger partial charge in [-0.25, -0.2) is 8.42 Å². The smallest absolute Gasteiger partial charge is 0.244 e. The SMILES string of the molecule is CCCCNC(=O)[C@@H](CC)N(Cc1cccc(OC)c1)C(=O)CN(c1ccc(CC)cc1)S(C)(=O)=O. The fourth-order valence-corrected chi connectivity index (χ4v) is 4.75. The predicted molar refractivity (Wildman–Crippen MR) is 144 cm³/mol. The average Bonchev–Trinajstić information content (AvgIpc) is 2.86. The van der Waals surface area contributed by atoms with Gasteiger partial charge in [0.25, 0.3) is 0 Å². The van der Waals surface area contributed by atoms with Gasteiger partial charge < -0.3 is 15.0 Å². The van der Waals surface area contributed by atoms with Crippen LogP contribution >= 0.6 is 0 Å². The van der Waals surface area contributed by atoms with E-state index in [0.29, 0.717) is 24.4 Å². The van der Waals surface area contributed by atoms with Gasteiger partial charge in [-0.05, 0) is 54.7 Å². The maximum absolute atomic E-state index is 13.7. The highest BCUT2D eigenvalue weighted by Crippen LogP contribution is 2.21. The van der Waals surface area contributed by atoms with Crippen molar-refractivity contribution in [1.82, 2.24) is 10.2 Å². The van der Waals surface area contributed by atoms with Crippen LogP contribution < -0.4 is 14.4 Å². The molecule has 0 saturated carbocycles. The molecule has 0 saturated heterocycles. The summed E-state index contributed by atoms with van der Waals surface area (Å²) < 4.78 is 31.8. The summed E-state index contributed by atoms with van der Waals surface area (Å²) in [7, 11) is -2.19. The zero-order valence-electron chi connectivity index (χ0n) is 22.0. The molecule has 0 aliphatic carbocycles. The zero-order chi connectivity index (χ0) is 26.7. The fourth-order valence-electron chi connectivity index (χ4n) is 3.90. The molecule has 9 heteroatoms. The van der Waals surface area contributed by atoms with Gasteiger partial charge in [-0.2, -0.15) is 0 Å². The molecule has 0 spiro atoms. The summed E-state index contributed by atoms with van der Waals surface area (Å²) in [5.74, 6) is -0.0742. The molecule has 0 aliphatic rings. The van der Waals surface area contributed by atoms with Gasteiger partial charge in [0.2, 0.25) is 21.8 Å². The van der Waals surface area contributed by atoms with Crippen molar-refractivity contribution in [3.05, 3.63) is 59.7 Å². The lowest BCUT2D eigenvalue weighted by atomic mass is 10.1. The number of carbonyl (C=O) groups excluding carboxylic acids is 2. The molecule has 0 aromatic heterocycles. The molecule has 2 amide bonds. The van der Waals surface area contributed by atoms with Gasteiger partial charge in [0.05, 0.1) is 19.1 Å². The first kappa shape index (κ1) is 29.2. The van der Waals surface area contributed by atoms with E-state index in [2.05, 4.69) is 5.32 Å². The van der Waals surface area contributed by atoms with E-state index in [9.17, 15) is 18.0 Å². The Morgan fingerprint density at radius 2 is 1.72 bits per heavy atom. The van der Waals surface area contributed by atoms with E-state index in [-0.39, 0.29) is 12.5 Å². The maximum Gasteiger partial charge on any atom is 0.244 e.